The fourth-order valence-corrected chi connectivity index (χ4v) is 2.14. The maximum Gasteiger partial charge on any atom is 0.178 e. The summed E-state index contributed by atoms with van der Waals surface area (Å²) in [4.78, 5) is 35.1. The maximum atomic E-state index is 12.0. The van der Waals surface area contributed by atoms with Crippen molar-refractivity contribution in [2.24, 2.45) is 5.92 Å². The molecule has 0 aliphatic heterocycles. The van der Waals surface area contributed by atoms with E-state index in [1.807, 2.05) is 0 Å². The van der Waals surface area contributed by atoms with E-state index in [1.54, 1.807) is 24.3 Å². The molecule has 17 heavy (non-hydrogen) atoms. The zero-order valence-corrected chi connectivity index (χ0v) is 9.53. The summed E-state index contributed by atoms with van der Waals surface area (Å²) in [5.41, 5.74) is 1.27. The van der Waals surface area contributed by atoms with E-state index in [0.717, 1.165) is 0 Å². The van der Waals surface area contributed by atoms with Crippen LogP contribution in [-0.4, -0.2) is 17.3 Å². The number of rotatable bonds is 3. The Hall–Kier alpha value is -2.03. The van der Waals surface area contributed by atoms with Crippen LogP contribution in [0.15, 0.2) is 36.4 Å². The molecule has 1 aromatic carbocycles. The van der Waals surface area contributed by atoms with Crippen molar-refractivity contribution in [1.82, 2.24) is 0 Å². The first-order chi connectivity index (χ1) is 8.02. The number of carbonyl (C=O) groups excluding carboxylic acids is 3. The highest BCUT2D eigenvalue weighted by molar-refractivity contribution is 6.28. The molecule has 0 heterocycles. The number of Topliss-reactive ketones (excluding diaryl/α,β-unsaturated/α-hetero) is 3. The molecule has 1 aliphatic carbocycles. The van der Waals surface area contributed by atoms with Gasteiger partial charge in [-0.15, -0.1) is 0 Å². The van der Waals surface area contributed by atoms with Gasteiger partial charge in [-0.05, 0) is 6.92 Å². The van der Waals surface area contributed by atoms with Gasteiger partial charge in [0.2, 0.25) is 0 Å². The highest BCUT2D eigenvalue weighted by Gasteiger charge is 2.39. The second-order valence-electron chi connectivity index (χ2n) is 4.24. The number of carbonyl (C=O) groups is 3. The molecule has 0 fully saturated rings. The second-order valence-corrected chi connectivity index (χ2v) is 4.24. The largest absolute Gasteiger partial charge is 0.300 e. The molecule has 86 valence electrons. The van der Waals surface area contributed by atoms with Gasteiger partial charge in [0.25, 0.3) is 0 Å². The van der Waals surface area contributed by atoms with E-state index in [1.165, 1.54) is 6.92 Å². The number of fused-ring (bicyclic) bond motifs is 1. The van der Waals surface area contributed by atoms with Crippen LogP contribution in [0.5, 0.6) is 0 Å². The van der Waals surface area contributed by atoms with Crippen molar-refractivity contribution >= 4 is 17.3 Å². The molecular formula is C14H12O3. The zero-order chi connectivity index (χ0) is 12.6. The molecule has 0 N–H and O–H groups in total. The first kappa shape index (κ1) is 11.5. The number of hydrogen-bond acceptors (Lipinski definition) is 3. The van der Waals surface area contributed by atoms with Crippen LogP contribution < -0.4 is 0 Å². The molecule has 0 amide bonds. The van der Waals surface area contributed by atoms with Crippen LogP contribution in [0, 0.1) is 5.92 Å². The van der Waals surface area contributed by atoms with Crippen molar-refractivity contribution in [3.8, 4) is 0 Å². The standard InChI is InChI=1S/C14H12O3/c1-8(7-9(2)15)12-13(16)10-5-3-4-6-11(10)14(12)17/h3-6,12H,1,7H2,2H3. The van der Waals surface area contributed by atoms with Crippen molar-refractivity contribution in [1.29, 1.82) is 0 Å². The summed E-state index contributed by atoms with van der Waals surface area (Å²) >= 11 is 0. The van der Waals surface area contributed by atoms with Crippen molar-refractivity contribution < 1.29 is 14.4 Å². The van der Waals surface area contributed by atoms with Gasteiger partial charge in [0.1, 0.15) is 11.7 Å². The first-order valence-corrected chi connectivity index (χ1v) is 5.37. The van der Waals surface area contributed by atoms with Gasteiger partial charge in [-0.3, -0.25) is 14.4 Å². The summed E-state index contributed by atoms with van der Waals surface area (Å²) in [6.07, 6.45) is 0.0795. The lowest BCUT2D eigenvalue weighted by molar-refractivity contribution is -0.116. The topological polar surface area (TPSA) is 51.2 Å². The minimum absolute atomic E-state index is 0.0795. The SMILES string of the molecule is C=C(CC(C)=O)C1C(=O)c2ccccc2C1=O. The molecule has 0 saturated carbocycles. The Morgan fingerprint density at radius 3 is 2.06 bits per heavy atom. The maximum absolute atomic E-state index is 12.0. The molecule has 0 aromatic heterocycles. The third-order valence-electron chi connectivity index (χ3n) is 2.87. The summed E-state index contributed by atoms with van der Waals surface area (Å²) in [7, 11) is 0. The number of hydrogen-bond donors (Lipinski definition) is 0. The van der Waals surface area contributed by atoms with Crippen LogP contribution in [0.4, 0.5) is 0 Å². The van der Waals surface area contributed by atoms with E-state index in [4.69, 9.17) is 0 Å². The summed E-state index contributed by atoms with van der Waals surface area (Å²) in [5, 5.41) is 0. The van der Waals surface area contributed by atoms with Crippen LogP contribution in [-0.2, 0) is 4.79 Å². The molecule has 0 bridgehead atoms. The smallest absolute Gasteiger partial charge is 0.178 e. The average Bonchev–Trinajstić information content (AvgIpc) is 2.51. The number of allylic oxidation sites excluding steroid dienone is 1. The Labute approximate surface area is 99.1 Å². The molecule has 1 aliphatic rings. The van der Waals surface area contributed by atoms with Gasteiger partial charge < -0.3 is 0 Å². The normalized spacial score (nSPS) is 14.9. The molecule has 0 unspecified atom stereocenters. The summed E-state index contributed by atoms with van der Waals surface area (Å²) in [6.45, 7) is 5.12. The Bertz CT molecular complexity index is 505. The van der Waals surface area contributed by atoms with E-state index in [9.17, 15) is 14.4 Å². The van der Waals surface area contributed by atoms with Crippen LogP contribution in [0.1, 0.15) is 34.1 Å². The van der Waals surface area contributed by atoms with Gasteiger partial charge in [-0.1, -0.05) is 36.4 Å². The van der Waals surface area contributed by atoms with E-state index in [2.05, 4.69) is 6.58 Å². The average molecular weight is 228 g/mol. The van der Waals surface area contributed by atoms with E-state index in [-0.39, 0.29) is 23.8 Å². The van der Waals surface area contributed by atoms with E-state index < -0.39 is 5.92 Å². The van der Waals surface area contributed by atoms with E-state index >= 15 is 0 Å². The lowest BCUT2D eigenvalue weighted by Gasteiger charge is -2.08. The molecule has 3 nitrogen and oxygen atoms in total. The Morgan fingerprint density at radius 1 is 1.18 bits per heavy atom. The van der Waals surface area contributed by atoms with Crippen molar-refractivity contribution in [2.45, 2.75) is 13.3 Å². The third-order valence-corrected chi connectivity index (χ3v) is 2.87. The van der Waals surface area contributed by atoms with Crippen molar-refractivity contribution in [3.63, 3.8) is 0 Å². The molecule has 1 aromatic rings. The minimum atomic E-state index is -0.865. The second kappa shape index (κ2) is 4.09. The predicted octanol–water partition coefficient (Wildman–Crippen LogP) is 2.22. The first-order valence-electron chi connectivity index (χ1n) is 5.37. The summed E-state index contributed by atoms with van der Waals surface area (Å²) in [5.74, 6) is -1.43. The lowest BCUT2D eigenvalue weighted by Crippen LogP contribution is -2.18. The predicted molar refractivity (Wildman–Crippen MR) is 63.0 cm³/mol. The number of ketones is 3. The third kappa shape index (κ3) is 1.84. The Kier molecular flexibility index (Phi) is 2.76. The fraction of sp³-hybridized carbons (Fsp3) is 0.214. The molecule has 0 atom stereocenters. The molecule has 2 rings (SSSR count). The Morgan fingerprint density at radius 2 is 1.65 bits per heavy atom. The van der Waals surface area contributed by atoms with Crippen LogP contribution in [0.3, 0.4) is 0 Å². The van der Waals surface area contributed by atoms with Gasteiger partial charge in [0.05, 0.1) is 0 Å². The zero-order valence-electron chi connectivity index (χ0n) is 9.53. The minimum Gasteiger partial charge on any atom is -0.300 e. The highest BCUT2D eigenvalue weighted by Crippen LogP contribution is 2.31. The van der Waals surface area contributed by atoms with Crippen LogP contribution in [0.2, 0.25) is 0 Å². The Balaban J connectivity index is 2.36. The van der Waals surface area contributed by atoms with Gasteiger partial charge in [0.15, 0.2) is 11.6 Å². The summed E-state index contributed by atoms with van der Waals surface area (Å²) in [6, 6.07) is 6.72. The van der Waals surface area contributed by atoms with Crippen LogP contribution >= 0.6 is 0 Å². The van der Waals surface area contributed by atoms with Crippen molar-refractivity contribution in [3.05, 3.63) is 47.5 Å². The quantitative estimate of drug-likeness (QED) is 0.588. The van der Waals surface area contributed by atoms with Crippen molar-refractivity contribution in [2.75, 3.05) is 0 Å². The van der Waals surface area contributed by atoms with Gasteiger partial charge >= 0.3 is 0 Å². The molecule has 3 heteroatoms. The van der Waals surface area contributed by atoms with Crippen LogP contribution in [0.25, 0.3) is 0 Å². The highest BCUT2D eigenvalue weighted by atomic mass is 16.2. The molecule has 0 spiro atoms. The molecular weight excluding hydrogens is 216 g/mol. The molecule has 0 radical (unpaired) electrons. The monoisotopic (exact) mass is 228 g/mol. The van der Waals surface area contributed by atoms with Gasteiger partial charge in [0, 0.05) is 17.5 Å². The fourth-order valence-electron chi connectivity index (χ4n) is 2.14. The van der Waals surface area contributed by atoms with E-state index in [0.29, 0.717) is 16.7 Å². The van der Waals surface area contributed by atoms with Gasteiger partial charge in [-0.2, -0.15) is 0 Å². The molecule has 0 saturated heterocycles. The van der Waals surface area contributed by atoms with Gasteiger partial charge in [-0.25, -0.2) is 0 Å². The summed E-state index contributed by atoms with van der Waals surface area (Å²) < 4.78 is 0. The lowest BCUT2D eigenvalue weighted by atomic mass is 9.92. The number of benzene rings is 1.